The fraction of sp³-hybridized carbons (Fsp3) is 0.308. The van der Waals surface area contributed by atoms with Crippen LogP contribution in [0.3, 0.4) is 0 Å². The lowest BCUT2D eigenvalue weighted by atomic mass is 9.91. The van der Waals surface area contributed by atoms with E-state index in [4.69, 9.17) is 14.2 Å². The molecule has 162 valence electrons. The first kappa shape index (κ1) is 22.5. The van der Waals surface area contributed by atoms with Crippen LogP contribution in [0.15, 0.2) is 84.0 Å². The molecule has 3 atom stereocenters. The molecule has 5 heteroatoms. The van der Waals surface area contributed by atoms with Crippen molar-refractivity contribution < 1.29 is 23.8 Å². The Bertz CT molecular complexity index is 946. The first-order chi connectivity index (χ1) is 15.0. The molecule has 0 fully saturated rings. The molecule has 0 unspecified atom stereocenters. The summed E-state index contributed by atoms with van der Waals surface area (Å²) in [5.74, 6) is -0.977. The van der Waals surface area contributed by atoms with Gasteiger partial charge in [0.2, 0.25) is 0 Å². The second kappa shape index (κ2) is 10.7. The van der Waals surface area contributed by atoms with Gasteiger partial charge in [0.1, 0.15) is 6.10 Å². The molecular formula is C26H28O5. The summed E-state index contributed by atoms with van der Waals surface area (Å²) < 4.78 is 16.9. The molecule has 1 aliphatic rings. The lowest BCUT2D eigenvalue weighted by Crippen LogP contribution is -2.20. The number of ether oxygens (including phenoxy) is 3. The van der Waals surface area contributed by atoms with Crippen molar-refractivity contribution in [2.45, 2.75) is 38.4 Å². The van der Waals surface area contributed by atoms with E-state index in [1.807, 2.05) is 79.7 Å². The molecular weight excluding hydrogens is 392 g/mol. The van der Waals surface area contributed by atoms with E-state index in [9.17, 15) is 9.59 Å². The normalized spacial score (nSPS) is 19.5. The summed E-state index contributed by atoms with van der Waals surface area (Å²) in [6, 6.07) is 19.4. The predicted molar refractivity (Wildman–Crippen MR) is 118 cm³/mol. The predicted octanol–water partition coefficient (Wildman–Crippen LogP) is 4.91. The average Bonchev–Trinajstić information content (AvgIpc) is 2.98. The van der Waals surface area contributed by atoms with Crippen LogP contribution in [0.1, 0.15) is 43.4 Å². The Hall–Kier alpha value is -3.18. The second-order valence-corrected chi connectivity index (χ2v) is 7.36. The van der Waals surface area contributed by atoms with Crippen molar-refractivity contribution in [3.63, 3.8) is 0 Å². The van der Waals surface area contributed by atoms with Crippen molar-refractivity contribution in [1.82, 2.24) is 0 Å². The van der Waals surface area contributed by atoms with Crippen LogP contribution in [0.5, 0.6) is 0 Å². The molecule has 2 aromatic carbocycles. The van der Waals surface area contributed by atoms with Gasteiger partial charge in [-0.25, -0.2) is 4.79 Å². The van der Waals surface area contributed by atoms with Crippen LogP contribution in [0.25, 0.3) is 0 Å². The number of carbonyl (C=O) groups is 2. The van der Waals surface area contributed by atoms with Gasteiger partial charge in [-0.15, -0.1) is 0 Å². The molecule has 0 radical (unpaired) electrons. The Kier molecular flexibility index (Phi) is 7.79. The highest BCUT2D eigenvalue weighted by molar-refractivity contribution is 5.89. The molecule has 0 amide bonds. The number of carbonyl (C=O) groups excluding carboxylic acids is 2. The molecule has 5 nitrogen and oxygen atoms in total. The van der Waals surface area contributed by atoms with Crippen molar-refractivity contribution >= 4 is 11.9 Å². The van der Waals surface area contributed by atoms with Gasteiger partial charge in [0, 0.05) is 31.4 Å². The molecule has 0 bridgehead atoms. The van der Waals surface area contributed by atoms with Gasteiger partial charge in [-0.1, -0.05) is 72.8 Å². The lowest BCUT2D eigenvalue weighted by molar-refractivity contribution is -0.145. The van der Waals surface area contributed by atoms with Gasteiger partial charge in [0.15, 0.2) is 0 Å². The van der Waals surface area contributed by atoms with Gasteiger partial charge in [-0.3, -0.25) is 4.79 Å². The minimum absolute atomic E-state index is 0.179. The van der Waals surface area contributed by atoms with Crippen LogP contribution in [-0.2, 0) is 23.8 Å². The van der Waals surface area contributed by atoms with Crippen LogP contribution in [-0.4, -0.2) is 31.8 Å². The van der Waals surface area contributed by atoms with Crippen molar-refractivity contribution in [2.75, 3.05) is 13.7 Å². The highest BCUT2D eigenvalue weighted by atomic mass is 16.5. The first-order valence-corrected chi connectivity index (χ1v) is 10.4. The number of methoxy groups -OCH3 is 1. The van der Waals surface area contributed by atoms with Crippen LogP contribution in [0.4, 0.5) is 0 Å². The minimum atomic E-state index is -0.621. The van der Waals surface area contributed by atoms with Crippen LogP contribution in [0, 0.1) is 0 Å². The topological polar surface area (TPSA) is 61.8 Å². The molecule has 0 spiro atoms. The molecule has 2 aromatic rings. The third kappa shape index (κ3) is 5.70. The molecule has 0 heterocycles. The maximum Gasteiger partial charge on any atom is 0.333 e. The zero-order chi connectivity index (χ0) is 22.2. The summed E-state index contributed by atoms with van der Waals surface area (Å²) >= 11 is 0. The molecule has 0 saturated heterocycles. The molecule has 0 N–H and O–H groups in total. The monoisotopic (exact) mass is 420 g/mol. The Morgan fingerprint density at radius 3 is 2.23 bits per heavy atom. The maximum absolute atomic E-state index is 12.6. The van der Waals surface area contributed by atoms with E-state index in [2.05, 4.69) is 0 Å². The Morgan fingerprint density at radius 1 is 1.00 bits per heavy atom. The van der Waals surface area contributed by atoms with E-state index in [0.717, 1.165) is 16.7 Å². The van der Waals surface area contributed by atoms with Gasteiger partial charge in [-0.2, -0.15) is 0 Å². The highest BCUT2D eigenvalue weighted by Gasteiger charge is 2.31. The quantitative estimate of drug-likeness (QED) is 0.470. The fourth-order valence-electron chi connectivity index (χ4n) is 3.87. The smallest absolute Gasteiger partial charge is 0.333 e. The Balaban J connectivity index is 2.13. The number of rotatable bonds is 7. The summed E-state index contributed by atoms with van der Waals surface area (Å²) in [5, 5.41) is 0. The SMILES string of the molecule is CCO[C@H]1C=C([C@H](OC(C)=O)c2ccccc2)CC(C(=O)OC)=C[C@H]1c1ccccc1. The number of esters is 2. The number of benzene rings is 2. The Labute approximate surface area is 183 Å². The summed E-state index contributed by atoms with van der Waals surface area (Å²) in [6.45, 7) is 3.83. The number of hydrogen-bond acceptors (Lipinski definition) is 5. The van der Waals surface area contributed by atoms with E-state index in [0.29, 0.717) is 18.6 Å². The molecule has 3 rings (SSSR count). The Morgan fingerprint density at radius 2 is 1.65 bits per heavy atom. The highest BCUT2D eigenvalue weighted by Crippen LogP contribution is 2.38. The third-order valence-electron chi connectivity index (χ3n) is 5.22. The number of hydrogen-bond donors (Lipinski definition) is 0. The van der Waals surface area contributed by atoms with Gasteiger partial charge >= 0.3 is 11.9 Å². The molecule has 0 saturated carbocycles. The molecule has 1 aliphatic carbocycles. The summed E-state index contributed by atoms with van der Waals surface area (Å²) in [6.07, 6.45) is 3.26. The van der Waals surface area contributed by atoms with E-state index in [-0.39, 0.29) is 12.0 Å². The van der Waals surface area contributed by atoms with Gasteiger partial charge < -0.3 is 14.2 Å². The van der Waals surface area contributed by atoms with Crippen LogP contribution < -0.4 is 0 Å². The molecule has 0 aliphatic heterocycles. The average molecular weight is 421 g/mol. The largest absolute Gasteiger partial charge is 0.466 e. The van der Waals surface area contributed by atoms with Crippen molar-refractivity contribution in [1.29, 1.82) is 0 Å². The standard InChI is InChI=1S/C26H28O5/c1-4-30-24-17-21(25(31-18(2)27)20-13-9-6-10-14-20)15-22(26(28)29-3)16-23(24)19-11-7-5-8-12-19/h5-14,16-17,23-25H,4,15H2,1-3H3/t23-,24-,25+/m0/s1. The summed E-state index contributed by atoms with van der Waals surface area (Å²) in [5.41, 5.74) is 3.16. The van der Waals surface area contributed by atoms with Crippen molar-refractivity contribution in [3.05, 3.63) is 95.1 Å². The molecule has 31 heavy (non-hydrogen) atoms. The van der Waals surface area contributed by atoms with Crippen molar-refractivity contribution in [3.8, 4) is 0 Å². The van der Waals surface area contributed by atoms with E-state index in [1.54, 1.807) is 0 Å². The van der Waals surface area contributed by atoms with E-state index in [1.165, 1.54) is 14.0 Å². The van der Waals surface area contributed by atoms with Gasteiger partial charge in [-0.05, 0) is 23.6 Å². The second-order valence-electron chi connectivity index (χ2n) is 7.36. The van der Waals surface area contributed by atoms with Crippen LogP contribution in [0.2, 0.25) is 0 Å². The summed E-state index contributed by atoms with van der Waals surface area (Å²) in [4.78, 5) is 24.6. The zero-order valence-corrected chi connectivity index (χ0v) is 18.1. The van der Waals surface area contributed by atoms with E-state index < -0.39 is 18.0 Å². The maximum atomic E-state index is 12.6. The molecule has 0 aromatic heterocycles. The minimum Gasteiger partial charge on any atom is -0.466 e. The summed E-state index contributed by atoms with van der Waals surface area (Å²) in [7, 11) is 1.37. The van der Waals surface area contributed by atoms with Gasteiger partial charge in [0.05, 0.1) is 13.2 Å². The van der Waals surface area contributed by atoms with E-state index >= 15 is 0 Å². The van der Waals surface area contributed by atoms with Crippen LogP contribution >= 0.6 is 0 Å². The fourth-order valence-corrected chi connectivity index (χ4v) is 3.87. The van der Waals surface area contributed by atoms with Crippen molar-refractivity contribution in [2.24, 2.45) is 0 Å². The first-order valence-electron chi connectivity index (χ1n) is 10.4. The zero-order valence-electron chi connectivity index (χ0n) is 18.1. The third-order valence-corrected chi connectivity index (χ3v) is 5.22. The lowest BCUT2D eigenvalue weighted by Gasteiger charge is -2.24. The van der Waals surface area contributed by atoms with Gasteiger partial charge in [0.25, 0.3) is 0 Å².